The molecule has 0 saturated carbocycles. The molecule has 2 rings (SSSR count). The van der Waals surface area contributed by atoms with Crippen molar-refractivity contribution in [3.05, 3.63) is 48.0 Å². The first-order valence-electron chi connectivity index (χ1n) is 7.32. The second-order valence-corrected chi connectivity index (χ2v) is 5.91. The summed E-state index contributed by atoms with van der Waals surface area (Å²) in [5, 5.41) is 22.9. The summed E-state index contributed by atoms with van der Waals surface area (Å²) in [6.07, 6.45) is 1.44. The van der Waals surface area contributed by atoms with Gasteiger partial charge in [-0.05, 0) is 42.7 Å². The van der Waals surface area contributed by atoms with E-state index in [9.17, 15) is 10.2 Å². The summed E-state index contributed by atoms with van der Waals surface area (Å²) in [5.74, 6) is 5.62. The van der Waals surface area contributed by atoms with Crippen molar-refractivity contribution in [3.63, 3.8) is 0 Å². The first kappa shape index (κ1) is 15.6. The van der Waals surface area contributed by atoms with E-state index < -0.39 is 11.2 Å². The van der Waals surface area contributed by atoms with Crippen molar-refractivity contribution in [2.24, 2.45) is 0 Å². The maximum Gasteiger partial charge on any atom is 0.148 e. The van der Waals surface area contributed by atoms with Crippen molar-refractivity contribution >= 4 is 10.8 Å². The van der Waals surface area contributed by atoms with Crippen LogP contribution in [-0.4, -0.2) is 15.8 Å². The Morgan fingerprint density at radius 1 is 0.952 bits per heavy atom. The zero-order valence-corrected chi connectivity index (χ0v) is 12.9. The van der Waals surface area contributed by atoms with Gasteiger partial charge in [0.15, 0.2) is 0 Å². The van der Waals surface area contributed by atoms with E-state index in [-0.39, 0.29) is 0 Å². The predicted molar refractivity (Wildman–Crippen MR) is 86.8 cm³/mol. The molecule has 2 nitrogen and oxygen atoms in total. The van der Waals surface area contributed by atoms with E-state index in [1.165, 1.54) is 0 Å². The number of hydrogen-bond acceptors (Lipinski definition) is 2. The van der Waals surface area contributed by atoms with Crippen molar-refractivity contribution in [1.29, 1.82) is 0 Å². The Balaban J connectivity index is 2.35. The maximum absolute atomic E-state index is 10.6. The molecule has 0 spiro atoms. The number of rotatable bonds is 3. The van der Waals surface area contributed by atoms with Crippen molar-refractivity contribution in [2.75, 3.05) is 0 Å². The summed E-state index contributed by atoms with van der Waals surface area (Å²) in [6.45, 7) is 5.34. The minimum absolute atomic E-state index is 0.591. The third kappa shape index (κ3) is 3.85. The molecule has 0 aliphatic heterocycles. The van der Waals surface area contributed by atoms with E-state index in [4.69, 9.17) is 0 Å². The zero-order chi connectivity index (χ0) is 15.5. The van der Waals surface area contributed by atoms with Crippen molar-refractivity contribution in [3.8, 4) is 11.8 Å². The van der Waals surface area contributed by atoms with E-state index in [1.807, 2.05) is 49.4 Å². The van der Waals surface area contributed by atoms with Crippen LogP contribution >= 0.6 is 0 Å². The Morgan fingerprint density at radius 2 is 1.62 bits per heavy atom. The van der Waals surface area contributed by atoms with Gasteiger partial charge >= 0.3 is 0 Å². The fourth-order valence-corrected chi connectivity index (χ4v) is 2.37. The maximum atomic E-state index is 10.6. The Hall–Kier alpha value is -1.82. The van der Waals surface area contributed by atoms with Crippen LogP contribution in [0.5, 0.6) is 0 Å². The highest BCUT2D eigenvalue weighted by Gasteiger charge is 2.22. The molecule has 2 aromatic rings. The second-order valence-electron chi connectivity index (χ2n) is 5.91. The molecule has 0 saturated heterocycles. The van der Waals surface area contributed by atoms with Crippen LogP contribution < -0.4 is 0 Å². The SMILES string of the molecule is CCC[C@@](C)(O)C#C[C@](C)(O)c1ccc2ccccc2c1. The van der Waals surface area contributed by atoms with Crippen molar-refractivity contribution in [1.82, 2.24) is 0 Å². The molecule has 2 N–H and O–H groups in total. The Bertz CT molecular complexity index is 687. The molecule has 2 atom stereocenters. The van der Waals surface area contributed by atoms with Crippen molar-refractivity contribution < 1.29 is 10.2 Å². The van der Waals surface area contributed by atoms with Crippen molar-refractivity contribution in [2.45, 2.75) is 44.8 Å². The summed E-state index contributed by atoms with van der Waals surface area (Å²) in [7, 11) is 0. The van der Waals surface area contributed by atoms with Gasteiger partial charge in [0.25, 0.3) is 0 Å². The van der Waals surface area contributed by atoms with E-state index >= 15 is 0 Å². The van der Waals surface area contributed by atoms with Gasteiger partial charge < -0.3 is 10.2 Å². The average molecular weight is 282 g/mol. The third-order valence-electron chi connectivity index (χ3n) is 3.62. The Kier molecular flexibility index (Phi) is 4.37. The van der Waals surface area contributed by atoms with Gasteiger partial charge in [0.2, 0.25) is 0 Å². The van der Waals surface area contributed by atoms with Gasteiger partial charge in [-0.25, -0.2) is 0 Å². The lowest BCUT2D eigenvalue weighted by molar-refractivity contribution is 0.103. The first-order chi connectivity index (χ1) is 9.84. The standard InChI is InChI=1S/C19H22O2/c1-4-11-18(2,20)12-13-19(3,21)17-10-9-15-7-5-6-8-16(15)14-17/h5-10,14,20-21H,4,11H2,1-3H3/t18-,19+/m1/s1. The van der Waals surface area contributed by atoms with Gasteiger partial charge in [-0.15, -0.1) is 0 Å². The number of fused-ring (bicyclic) bond motifs is 1. The summed E-state index contributed by atoms with van der Waals surface area (Å²) < 4.78 is 0. The van der Waals surface area contributed by atoms with Crippen LogP contribution in [0, 0.1) is 11.8 Å². The molecule has 0 radical (unpaired) electrons. The van der Waals surface area contributed by atoms with Crippen LogP contribution in [0.1, 0.15) is 39.2 Å². The highest BCUT2D eigenvalue weighted by Crippen LogP contribution is 2.25. The molecule has 0 bridgehead atoms. The quantitative estimate of drug-likeness (QED) is 0.844. The van der Waals surface area contributed by atoms with Gasteiger partial charge in [0.05, 0.1) is 0 Å². The minimum atomic E-state index is -1.28. The average Bonchev–Trinajstić information content (AvgIpc) is 2.45. The van der Waals surface area contributed by atoms with Gasteiger partial charge in [-0.1, -0.05) is 61.6 Å². The lowest BCUT2D eigenvalue weighted by Gasteiger charge is -2.20. The van der Waals surface area contributed by atoms with Gasteiger partial charge in [0, 0.05) is 0 Å². The lowest BCUT2D eigenvalue weighted by atomic mass is 9.92. The van der Waals surface area contributed by atoms with E-state index in [2.05, 4.69) is 11.8 Å². The fraction of sp³-hybridized carbons (Fsp3) is 0.368. The molecular weight excluding hydrogens is 260 g/mol. The number of aliphatic hydroxyl groups is 2. The van der Waals surface area contributed by atoms with Crippen LogP contribution in [0.3, 0.4) is 0 Å². The smallest absolute Gasteiger partial charge is 0.148 e. The summed E-state index contributed by atoms with van der Waals surface area (Å²) in [6, 6.07) is 13.8. The van der Waals surface area contributed by atoms with Gasteiger partial charge in [0.1, 0.15) is 11.2 Å². The zero-order valence-electron chi connectivity index (χ0n) is 12.9. The minimum Gasteiger partial charge on any atom is -0.378 e. The molecule has 0 fully saturated rings. The molecule has 21 heavy (non-hydrogen) atoms. The molecule has 2 heteroatoms. The van der Waals surface area contributed by atoms with Crippen LogP contribution in [0.15, 0.2) is 42.5 Å². The van der Waals surface area contributed by atoms with Crippen LogP contribution in [-0.2, 0) is 5.60 Å². The lowest BCUT2D eigenvalue weighted by Crippen LogP contribution is -2.24. The number of benzene rings is 2. The largest absolute Gasteiger partial charge is 0.378 e. The number of hydrogen-bond donors (Lipinski definition) is 2. The van der Waals surface area contributed by atoms with E-state index in [0.29, 0.717) is 6.42 Å². The molecule has 0 heterocycles. The molecule has 0 aromatic heterocycles. The monoisotopic (exact) mass is 282 g/mol. The molecular formula is C19H22O2. The summed E-state index contributed by atoms with van der Waals surface area (Å²) >= 11 is 0. The first-order valence-corrected chi connectivity index (χ1v) is 7.32. The topological polar surface area (TPSA) is 40.5 Å². The molecule has 0 unspecified atom stereocenters. The van der Waals surface area contributed by atoms with Crippen LogP contribution in [0.4, 0.5) is 0 Å². The fourth-order valence-electron chi connectivity index (χ4n) is 2.37. The predicted octanol–water partition coefficient (Wildman–Crippen LogP) is 3.60. The second kappa shape index (κ2) is 5.89. The van der Waals surface area contributed by atoms with E-state index in [0.717, 1.165) is 22.8 Å². The highest BCUT2D eigenvalue weighted by molar-refractivity contribution is 5.83. The molecule has 0 amide bonds. The van der Waals surface area contributed by atoms with Gasteiger partial charge in [-0.3, -0.25) is 0 Å². The summed E-state index contributed by atoms with van der Waals surface area (Å²) in [4.78, 5) is 0. The molecule has 0 aliphatic carbocycles. The third-order valence-corrected chi connectivity index (χ3v) is 3.62. The highest BCUT2D eigenvalue weighted by atomic mass is 16.3. The Morgan fingerprint density at radius 3 is 2.29 bits per heavy atom. The normalized spacial score (nSPS) is 16.6. The van der Waals surface area contributed by atoms with E-state index in [1.54, 1.807) is 13.8 Å². The molecule has 110 valence electrons. The van der Waals surface area contributed by atoms with Crippen LogP contribution in [0.2, 0.25) is 0 Å². The molecule has 0 aliphatic rings. The summed E-state index contributed by atoms with van der Waals surface area (Å²) in [5.41, 5.74) is -1.60. The van der Waals surface area contributed by atoms with Gasteiger partial charge in [-0.2, -0.15) is 0 Å². The Labute approximate surface area is 126 Å². The van der Waals surface area contributed by atoms with Crippen LogP contribution in [0.25, 0.3) is 10.8 Å². The molecule has 2 aromatic carbocycles.